The zero-order valence-corrected chi connectivity index (χ0v) is 15.8. The number of hydrogen-bond acceptors (Lipinski definition) is 4. The van der Waals surface area contributed by atoms with Crippen molar-refractivity contribution in [3.8, 4) is 0 Å². The van der Waals surface area contributed by atoms with Gasteiger partial charge in [0.15, 0.2) is 0 Å². The van der Waals surface area contributed by atoms with Crippen LogP contribution in [-0.4, -0.2) is 31.6 Å². The molecule has 0 N–H and O–H groups in total. The van der Waals surface area contributed by atoms with Gasteiger partial charge in [-0.15, -0.1) is 0 Å². The van der Waals surface area contributed by atoms with E-state index in [1.165, 1.54) is 32.6 Å². The predicted octanol–water partition coefficient (Wildman–Crippen LogP) is 5.08. The first-order chi connectivity index (χ1) is 11.1. The zero-order valence-electron chi connectivity index (χ0n) is 15.8. The van der Waals surface area contributed by atoms with Crippen molar-refractivity contribution in [1.29, 1.82) is 0 Å². The summed E-state index contributed by atoms with van der Waals surface area (Å²) in [6, 6.07) is 0. The minimum Gasteiger partial charge on any atom is -0.463 e. The Morgan fingerprint density at radius 2 is 1.22 bits per heavy atom. The molecule has 0 aromatic carbocycles. The van der Waals surface area contributed by atoms with Crippen LogP contribution in [0.4, 0.5) is 0 Å². The number of esters is 1. The summed E-state index contributed by atoms with van der Waals surface area (Å²) in [5, 5.41) is 0. The standard InChI is InChI=1S/C11H22O.C8H16O3/c1-3-5-7-9-11(12)10-8-6-4-2;1-3-4-5-10-6-7-11-8(2)9/h3-10H2,1-2H3;3-7H2,1-2H3. The van der Waals surface area contributed by atoms with Gasteiger partial charge < -0.3 is 9.47 Å². The summed E-state index contributed by atoms with van der Waals surface area (Å²) < 4.78 is 9.81. The van der Waals surface area contributed by atoms with Crippen LogP contribution in [0.15, 0.2) is 0 Å². The topological polar surface area (TPSA) is 52.6 Å². The molecule has 0 saturated carbocycles. The highest BCUT2D eigenvalue weighted by Crippen LogP contribution is 2.06. The van der Waals surface area contributed by atoms with E-state index in [2.05, 4.69) is 25.5 Å². The van der Waals surface area contributed by atoms with Crippen LogP contribution in [0, 0.1) is 0 Å². The van der Waals surface area contributed by atoms with Gasteiger partial charge >= 0.3 is 5.97 Å². The lowest BCUT2D eigenvalue weighted by Crippen LogP contribution is -2.07. The van der Waals surface area contributed by atoms with Crippen molar-refractivity contribution < 1.29 is 19.1 Å². The van der Waals surface area contributed by atoms with Gasteiger partial charge in [0.2, 0.25) is 0 Å². The molecule has 0 fully saturated rings. The van der Waals surface area contributed by atoms with Gasteiger partial charge in [0.25, 0.3) is 0 Å². The summed E-state index contributed by atoms with van der Waals surface area (Å²) in [6.07, 6.45) is 10.9. The second-order valence-electron chi connectivity index (χ2n) is 5.76. The summed E-state index contributed by atoms with van der Waals surface area (Å²) >= 11 is 0. The summed E-state index contributed by atoms with van der Waals surface area (Å²) in [7, 11) is 0. The Morgan fingerprint density at radius 3 is 1.65 bits per heavy atom. The van der Waals surface area contributed by atoms with E-state index in [-0.39, 0.29) is 5.97 Å². The van der Waals surface area contributed by atoms with Gasteiger partial charge in [-0.25, -0.2) is 0 Å². The SMILES string of the molecule is CCCCCC(=O)CCCCC.CCCCOCCOC(C)=O. The minimum absolute atomic E-state index is 0.246. The first kappa shape index (κ1) is 24.4. The van der Waals surface area contributed by atoms with E-state index in [0.29, 0.717) is 19.0 Å². The number of hydrogen-bond donors (Lipinski definition) is 0. The molecule has 0 amide bonds. The number of unbranched alkanes of at least 4 members (excludes halogenated alkanes) is 5. The highest BCUT2D eigenvalue weighted by Gasteiger charge is 1.99. The molecule has 0 spiro atoms. The van der Waals surface area contributed by atoms with Gasteiger partial charge in [-0.2, -0.15) is 0 Å². The Morgan fingerprint density at radius 1 is 0.696 bits per heavy atom. The monoisotopic (exact) mass is 330 g/mol. The van der Waals surface area contributed by atoms with Crippen LogP contribution in [0.25, 0.3) is 0 Å². The molecule has 4 heteroatoms. The number of rotatable bonds is 14. The third-order valence-corrected chi connectivity index (χ3v) is 3.29. The lowest BCUT2D eigenvalue weighted by molar-refractivity contribution is -0.142. The number of ketones is 1. The molecule has 0 radical (unpaired) electrons. The Labute approximate surface area is 143 Å². The van der Waals surface area contributed by atoms with Crippen molar-refractivity contribution in [3.05, 3.63) is 0 Å². The van der Waals surface area contributed by atoms with Gasteiger partial charge in [0, 0.05) is 26.4 Å². The van der Waals surface area contributed by atoms with Crippen LogP contribution < -0.4 is 0 Å². The molecule has 23 heavy (non-hydrogen) atoms. The maximum atomic E-state index is 11.2. The molecule has 0 aromatic heterocycles. The van der Waals surface area contributed by atoms with Crippen LogP contribution in [0.2, 0.25) is 0 Å². The quantitative estimate of drug-likeness (QED) is 0.329. The molecule has 0 atom stereocenters. The van der Waals surface area contributed by atoms with Crippen LogP contribution in [0.5, 0.6) is 0 Å². The molecular formula is C19H38O4. The Hall–Kier alpha value is -0.900. The zero-order chi connectivity index (χ0) is 17.8. The normalized spacial score (nSPS) is 9.91. The minimum atomic E-state index is -0.246. The largest absolute Gasteiger partial charge is 0.463 e. The fourth-order valence-corrected chi connectivity index (χ4v) is 1.86. The molecule has 0 rings (SSSR count). The maximum absolute atomic E-state index is 11.2. The average Bonchev–Trinajstić information content (AvgIpc) is 2.52. The third kappa shape index (κ3) is 26.3. The Bertz CT molecular complexity index is 252. The number of ether oxygens (including phenoxy) is 2. The Kier molecular flexibility index (Phi) is 22.3. The number of Topliss-reactive ketones (excluding diaryl/α,β-unsaturated/α-hetero) is 1. The maximum Gasteiger partial charge on any atom is 0.302 e. The molecule has 0 unspecified atom stereocenters. The third-order valence-electron chi connectivity index (χ3n) is 3.29. The fourth-order valence-electron chi connectivity index (χ4n) is 1.86. The second kappa shape index (κ2) is 21.1. The lowest BCUT2D eigenvalue weighted by Gasteiger charge is -2.02. The highest BCUT2D eigenvalue weighted by atomic mass is 16.6. The average molecular weight is 331 g/mol. The molecule has 0 heterocycles. The van der Waals surface area contributed by atoms with Crippen molar-refractivity contribution in [2.24, 2.45) is 0 Å². The molecule has 0 bridgehead atoms. The summed E-state index contributed by atoms with van der Waals surface area (Å²) in [4.78, 5) is 21.4. The first-order valence-corrected chi connectivity index (χ1v) is 9.31. The number of carbonyl (C=O) groups is 2. The Balaban J connectivity index is 0. The highest BCUT2D eigenvalue weighted by molar-refractivity contribution is 5.78. The van der Waals surface area contributed by atoms with Gasteiger partial charge in [0.1, 0.15) is 12.4 Å². The summed E-state index contributed by atoms with van der Waals surface area (Å²) in [5.41, 5.74) is 0. The van der Waals surface area contributed by atoms with E-state index in [0.717, 1.165) is 45.1 Å². The van der Waals surface area contributed by atoms with E-state index in [1.807, 2.05) is 0 Å². The summed E-state index contributed by atoms with van der Waals surface area (Å²) in [5.74, 6) is 0.223. The van der Waals surface area contributed by atoms with Gasteiger partial charge in [-0.05, 0) is 19.3 Å². The van der Waals surface area contributed by atoms with Crippen molar-refractivity contribution >= 4 is 11.8 Å². The molecule has 0 aliphatic carbocycles. The van der Waals surface area contributed by atoms with E-state index < -0.39 is 0 Å². The van der Waals surface area contributed by atoms with E-state index in [1.54, 1.807) is 0 Å². The fraction of sp³-hybridized carbons (Fsp3) is 0.895. The molecule has 138 valence electrons. The predicted molar refractivity (Wildman–Crippen MR) is 95.7 cm³/mol. The number of carbonyl (C=O) groups excluding carboxylic acids is 2. The van der Waals surface area contributed by atoms with Gasteiger partial charge in [-0.3, -0.25) is 9.59 Å². The molecule has 0 aromatic rings. The van der Waals surface area contributed by atoms with Crippen molar-refractivity contribution in [3.63, 3.8) is 0 Å². The molecule has 4 nitrogen and oxygen atoms in total. The molecular weight excluding hydrogens is 292 g/mol. The van der Waals surface area contributed by atoms with Crippen LogP contribution in [0.1, 0.15) is 91.9 Å². The van der Waals surface area contributed by atoms with Gasteiger partial charge in [-0.1, -0.05) is 52.9 Å². The van der Waals surface area contributed by atoms with Gasteiger partial charge in [0.05, 0.1) is 6.61 Å². The first-order valence-electron chi connectivity index (χ1n) is 9.31. The van der Waals surface area contributed by atoms with Crippen molar-refractivity contribution in [2.75, 3.05) is 19.8 Å². The molecule has 0 aliphatic rings. The van der Waals surface area contributed by atoms with Crippen LogP contribution >= 0.6 is 0 Å². The molecule has 0 saturated heterocycles. The van der Waals surface area contributed by atoms with E-state index in [4.69, 9.17) is 4.74 Å². The lowest BCUT2D eigenvalue weighted by atomic mass is 10.1. The van der Waals surface area contributed by atoms with E-state index in [9.17, 15) is 9.59 Å². The molecule has 0 aliphatic heterocycles. The van der Waals surface area contributed by atoms with Crippen LogP contribution in [-0.2, 0) is 19.1 Å². The second-order valence-corrected chi connectivity index (χ2v) is 5.76. The van der Waals surface area contributed by atoms with Crippen molar-refractivity contribution in [2.45, 2.75) is 91.9 Å². The van der Waals surface area contributed by atoms with Crippen molar-refractivity contribution in [1.82, 2.24) is 0 Å². The van der Waals surface area contributed by atoms with Crippen LogP contribution in [0.3, 0.4) is 0 Å². The summed E-state index contributed by atoms with van der Waals surface area (Å²) in [6.45, 7) is 9.49. The van der Waals surface area contributed by atoms with E-state index >= 15 is 0 Å². The smallest absolute Gasteiger partial charge is 0.302 e.